The molecule has 0 amide bonds. The lowest BCUT2D eigenvalue weighted by Crippen LogP contribution is -3.14. The number of nitrogens with one attached hydrogen (secondary N) is 2. The zero-order valence-corrected chi connectivity index (χ0v) is 20.0. The first-order valence-electron chi connectivity index (χ1n) is 12.1. The summed E-state index contributed by atoms with van der Waals surface area (Å²) in [5.74, 6) is 1.48. The van der Waals surface area contributed by atoms with Crippen molar-refractivity contribution in [3.8, 4) is 23.4 Å². The Kier molecular flexibility index (Phi) is 7.93. The molecule has 2 aromatic rings. The highest BCUT2D eigenvalue weighted by atomic mass is 16.5. The van der Waals surface area contributed by atoms with Crippen molar-refractivity contribution in [1.29, 1.82) is 5.26 Å². The van der Waals surface area contributed by atoms with E-state index in [2.05, 4.69) is 23.2 Å². The SMILES string of the molecule is CCCCc1[nH]nc2c1C(c1ccc(OCC[NH+]3CCOCC3)c(OCC)c1)C(C#N)=C(N)O2. The van der Waals surface area contributed by atoms with E-state index in [0.717, 1.165) is 68.9 Å². The second-order valence-corrected chi connectivity index (χ2v) is 8.55. The molecule has 4 rings (SSSR count). The molecular weight excluding hydrogens is 434 g/mol. The summed E-state index contributed by atoms with van der Waals surface area (Å²) in [6.45, 7) is 9.69. The minimum absolute atomic E-state index is 0.0836. The minimum atomic E-state index is -0.384. The lowest BCUT2D eigenvalue weighted by molar-refractivity contribution is -0.908. The van der Waals surface area contributed by atoms with Crippen molar-refractivity contribution in [3.63, 3.8) is 0 Å². The Labute approximate surface area is 200 Å². The van der Waals surface area contributed by atoms with Crippen LogP contribution in [0.5, 0.6) is 17.4 Å². The number of aromatic amines is 1. The maximum absolute atomic E-state index is 9.92. The molecule has 2 aliphatic rings. The molecule has 1 unspecified atom stereocenters. The maximum Gasteiger partial charge on any atom is 0.244 e. The highest BCUT2D eigenvalue weighted by Gasteiger charge is 2.35. The Morgan fingerprint density at radius 3 is 2.79 bits per heavy atom. The first-order chi connectivity index (χ1) is 16.7. The summed E-state index contributed by atoms with van der Waals surface area (Å²) in [5.41, 5.74) is 9.21. The molecule has 34 heavy (non-hydrogen) atoms. The highest BCUT2D eigenvalue weighted by molar-refractivity contribution is 5.57. The van der Waals surface area contributed by atoms with Gasteiger partial charge in [0.25, 0.3) is 0 Å². The van der Waals surface area contributed by atoms with Gasteiger partial charge >= 0.3 is 0 Å². The van der Waals surface area contributed by atoms with Crippen LogP contribution in [-0.2, 0) is 11.2 Å². The molecule has 1 aromatic heterocycles. The number of H-pyrrole nitrogens is 1. The van der Waals surface area contributed by atoms with Crippen LogP contribution in [0.1, 0.15) is 49.4 Å². The van der Waals surface area contributed by atoms with Crippen LogP contribution in [0, 0.1) is 11.3 Å². The summed E-state index contributed by atoms with van der Waals surface area (Å²) < 4.78 is 23.2. The molecule has 0 spiro atoms. The van der Waals surface area contributed by atoms with E-state index in [1.165, 1.54) is 4.90 Å². The third-order valence-corrected chi connectivity index (χ3v) is 6.31. The van der Waals surface area contributed by atoms with E-state index in [4.69, 9.17) is 24.7 Å². The third-order valence-electron chi connectivity index (χ3n) is 6.31. The number of nitrogens with zero attached hydrogens (tertiary/aromatic N) is 2. The van der Waals surface area contributed by atoms with E-state index in [1.54, 1.807) is 0 Å². The van der Waals surface area contributed by atoms with Gasteiger partial charge < -0.3 is 29.6 Å². The molecule has 1 saturated heterocycles. The number of unbranched alkanes of at least 4 members (excludes halogenated alkanes) is 1. The molecule has 9 nitrogen and oxygen atoms in total. The van der Waals surface area contributed by atoms with Gasteiger partial charge in [-0.1, -0.05) is 19.4 Å². The van der Waals surface area contributed by atoms with E-state index < -0.39 is 0 Å². The summed E-state index contributed by atoms with van der Waals surface area (Å²) >= 11 is 0. The number of nitrogens with two attached hydrogens (primary N) is 1. The number of ether oxygens (including phenoxy) is 4. The topological polar surface area (TPSA) is 120 Å². The molecule has 4 N–H and O–H groups in total. The fourth-order valence-electron chi connectivity index (χ4n) is 4.49. The number of aromatic nitrogens is 2. The number of morpholine rings is 1. The van der Waals surface area contributed by atoms with Crippen molar-refractivity contribution in [2.75, 3.05) is 46.1 Å². The van der Waals surface area contributed by atoms with Crippen molar-refractivity contribution in [2.24, 2.45) is 5.73 Å². The molecule has 0 aliphatic carbocycles. The van der Waals surface area contributed by atoms with Crippen molar-refractivity contribution < 1.29 is 23.8 Å². The Morgan fingerprint density at radius 1 is 1.24 bits per heavy atom. The Balaban J connectivity index is 1.61. The maximum atomic E-state index is 9.92. The van der Waals surface area contributed by atoms with E-state index in [9.17, 15) is 5.26 Å². The van der Waals surface area contributed by atoms with Crippen molar-refractivity contribution in [1.82, 2.24) is 10.2 Å². The van der Waals surface area contributed by atoms with Crippen LogP contribution in [0.3, 0.4) is 0 Å². The molecule has 1 atom stereocenters. The number of rotatable bonds is 10. The molecule has 182 valence electrons. The van der Waals surface area contributed by atoms with Gasteiger partial charge in [-0.2, -0.15) is 5.26 Å². The van der Waals surface area contributed by atoms with Crippen LogP contribution < -0.4 is 24.8 Å². The summed E-state index contributed by atoms with van der Waals surface area (Å²) in [6.07, 6.45) is 2.88. The van der Waals surface area contributed by atoms with Gasteiger partial charge in [0, 0.05) is 11.3 Å². The van der Waals surface area contributed by atoms with Gasteiger partial charge in [-0.05, 0) is 37.5 Å². The summed E-state index contributed by atoms with van der Waals surface area (Å²) in [6, 6.07) is 8.09. The summed E-state index contributed by atoms with van der Waals surface area (Å²) in [7, 11) is 0. The number of benzene rings is 1. The third kappa shape index (κ3) is 5.13. The normalized spacial score (nSPS) is 18.2. The second-order valence-electron chi connectivity index (χ2n) is 8.55. The molecule has 3 heterocycles. The van der Waals surface area contributed by atoms with E-state index in [0.29, 0.717) is 36.2 Å². The van der Waals surface area contributed by atoms with Gasteiger partial charge in [-0.25, -0.2) is 0 Å². The lowest BCUT2D eigenvalue weighted by atomic mass is 9.83. The van der Waals surface area contributed by atoms with Gasteiger partial charge in [-0.3, -0.25) is 5.10 Å². The predicted octanol–water partition coefficient (Wildman–Crippen LogP) is 1.66. The second kappa shape index (κ2) is 11.3. The fourth-order valence-corrected chi connectivity index (χ4v) is 4.49. The minimum Gasteiger partial charge on any atom is -0.490 e. The molecule has 9 heteroatoms. The largest absolute Gasteiger partial charge is 0.490 e. The van der Waals surface area contributed by atoms with Crippen LogP contribution in [0.2, 0.25) is 0 Å². The van der Waals surface area contributed by atoms with Gasteiger partial charge in [0.1, 0.15) is 37.9 Å². The Morgan fingerprint density at radius 2 is 2.06 bits per heavy atom. The van der Waals surface area contributed by atoms with Crippen LogP contribution in [-0.4, -0.2) is 56.3 Å². The average Bonchev–Trinajstić information content (AvgIpc) is 3.25. The predicted molar refractivity (Wildman–Crippen MR) is 126 cm³/mol. The average molecular weight is 469 g/mol. The van der Waals surface area contributed by atoms with Crippen molar-refractivity contribution >= 4 is 0 Å². The standard InChI is InChI=1S/C25H33N5O4/c1-3-5-6-19-23-22(18(16-26)24(27)34-25(23)29-28-19)17-7-8-20(21(15-17)32-4-2)33-14-11-30-9-12-31-13-10-30/h7-8,15,22H,3-6,9-14,27H2,1-2H3,(H,28,29)/p+1. The first kappa shape index (κ1) is 23.9. The fraction of sp³-hybridized carbons (Fsp3) is 0.520. The summed E-state index contributed by atoms with van der Waals surface area (Å²) in [4.78, 5) is 1.48. The van der Waals surface area contributed by atoms with E-state index in [1.807, 2.05) is 25.1 Å². The molecule has 1 aromatic carbocycles. The molecule has 0 radical (unpaired) electrons. The van der Waals surface area contributed by atoms with Gasteiger partial charge in [-0.15, -0.1) is 5.10 Å². The van der Waals surface area contributed by atoms with E-state index >= 15 is 0 Å². The monoisotopic (exact) mass is 468 g/mol. The van der Waals surface area contributed by atoms with Crippen molar-refractivity contribution in [2.45, 2.75) is 39.0 Å². The molecule has 0 bridgehead atoms. The van der Waals surface area contributed by atoms with Crippen LogP contribution >= 0.6 is 0 Å². The smallest absolute Gasteiger partial charge is 0.244 e. The lowest BCUT2D eigenvalue weighted by Gasteiger charge is -2.25. The molecule has 0 saturated carbocycles. The quantitative estimate of drug-likeness (QED) is 0.485. The number of nitriles is 1. The molecule has 2 aliphatic heterocycles. The van der Waals surface area contributed by atoms with Gasteiger partial charge in [0.05, 0.1) is 25.7 Å². The highest BCUT2D eigenvalue weighted by Crippen LogP contribution is 2.45. The van der Waals surface area contributed by atoms with Crippen LogP contribution in [0.4, 0.5) is 0 Å². The number of allylic oxidation sites excluding steroid dienone is 1. The number of hydrogen-bond acceptors (Lipinski definition) is 7. The van der Waals surface area contributed by atoms with E-state index in [-0.39, 0.29) is 11.8 Å². The molecular formula is C25H34N5O4+. The summed E-state index contributed by atoms with van der Waals surface area (Å²) in [5, 5.41) is 17.3. The Bertz CT molecular complexity index is 1050. The first-order valence-corrected chi connectivity index (χ1v) is 12.1. The number of fused-ring (bicyclic) bond motifs is 1. The van der Waals surface area contributed by atoms with Gasteiger partial charge in [0.2, 0.25) is 11.8 Å². The van der Waals surface area contributed by atoms with Gasteiger partial charge in [0.15, 0.2) is 11.5 Å². The molecule has 1 fully saturated rings. The zero-order chi connectivity index (χ0) is 23.9. The zero-order valence-electron chi connectivity index (χ0n) is 20.0. The van der Waals surface area contributed by atoms with Crippen LogP contribution in [0.25, 0.3) is 0 Å². The number of quaternary nitrogens is 1. The van der Waals surface area contributed by atoms with Crippen LogP contribution in [0.15, 0.2) is 29.7 Å². The Hall–Kier alpha value is -3.22. The van der Waals surface area contributed by atoms with Crippen molar-refractivity contribution in [3.05, 3.63) is 46.5 Å². The number of aryl methyl sites for hydroxylation is 1. The number of hydrogen-bond donors (Lipinski definition) is 3.